The van der Waals surface area contributed by atoms with Gasteiger partial charge in [-0.15, -0.1) is 18.3 Å². The van der Waals surface area contributed by atoms with Crippen LogP contribution in [0.3, 0.4) is 0 Å². The van der Waals surface area contributed by atoms with Crippen molar-refractivity contribution in [1.82, 2.24) is 0 Å². The molecule has 1 fully saturated rings. The number of oxime groups is 1. The molecular weight excluding hydrogens is 744 g/mol. The third kappa shape index (κ3) is 10.1. The molecule has 0 aromatic heterocycles. The molecule has 3 aromatic carbocycles. The van der Waals surface area contributed by atoms with E-state index in [1.165, 1.54) is 13.0 Å². The predicted molar refractivity (Wildman–Crippen MR) is 223 cm³/mol. The number of aliphatic hydroxyl groups is 2. The van der Waals surface area contributed by atoms with Crippen LogP contribution in [0.4, 0.5) is 10.1 Å². The fourth-order valence-electron chi connectivity index (χ4n) is 8.47. The predicted octanol–water partition coefficient (Wildman–Crippen LogP) is 9.59. The maximum Gasteiger partial charge on any atom is 0.231 e. The van der Waals surface area contributed by atoms with E-state index in [-0.39, 0.29) is 67.1 Å². The molecule has 2 aliphatic carbocycles. The number of allylic oxidation sites excluding steroid dienone is 1. The Morgan fingerprint density at radius 3 is 2.47 bits per heavy atom. The Morgan fingerprint density at radius 1 is 1.05 bits per heavy atom. The minimum absolute atomic E-state index is 0.0715. The van der Waals surface area contributed by atoms with Gasteiger partial charge in [-0.05, 0) is 112 Å². The molecular formula is C46H57FN2O7S. The molecule has 11 heteroatoms. The fourth-order valence-corrected chi connectivity index (χ4v) is 9.76. The number of benzene rings is 3. The van der Waals surface area contributed by atoms with Crippen LogP contribution in [0, 0.1) is 23.6 Å². The summed E-state index contributed by atoms with van der Waals surface area (Å²) >= 11 is 1.65. The quantitative estimate of drug-likeness (QED) is 0.0662. The van der Waals surface area contributed by atoms with E-state index in [0.29, 0.717) is 42.0 Å². The van der Waals surface area contributed by atoms with E-state index in [9.17, 15) is 19.4 Å². The van der Waals surface area contributed by atoms with Crippen molar-refractivity contribution < 1.29 is 38.4 Å². The average Bonchev–Trinajstić information content (AvgIpc) is 3.18. The van der Waals surface area contributed by atoms with Crippen molar-refractivity contribution in [2.75, 3.05) is 25.1 Å². The lowest BCUT2D eigenvalue weighted by molar-refractivity contribution is -0.223. The van der Waals surface area contributed by atoms with Gasteiger partial charge in [-0.3, -0.25) is 4.79 Å². The van der Waals surface area contributed by atoms with Crippen molar-refractivity contribution in [3.05, 3.63) is 108 Å². The van der Waals surface area contributed by atoms with Crippen molar-refractivity contribution in [3.8, 4) is 11.5 Å². The third-order valence-electron chi connectivity index (χ3n) is 10.9. The lowest BCUT2D eigenvalue weighted by Gasteiger charge is -2.58. The van der Waals surface area contributed by atoms with E-state index in [1.54, 1.807) is 36.0 Å². The molecule has 1 heterocycles. The smallest absolute Gasteiger partial charge is 0.231 e. The second-order valence-corrected chi connectivity index (χ2v) is 17.4. The zero-order chi connectivity index (χ0) is 40.6. The number of carbonyl (C=O) groups is 1. The number of aliphatic hydroxyl groups excluding tert-OH is 2. The number of fused-ring (bicyclic) bond motifs is 2. The molecule has 1 aliphatic heterocycles. The summed E-state index contributed by atoms with van der Waals surface area (Å²) in [5.41, 5.74) is 3.49. The second kappa shape index (κ2) is 19.1. The zero-order valence-corrected chi connectivity index (χ0v) is 34.4. The molecule has 0 unspecified atom stereocenters. The van der Waals surface area contributed by atoms with Gasteiger partial charge in [0.1, 0.15) is 29.5 Å². The summed E-state index contributed by atoms with van der Waals surface area (Å²) in [5, 5.41) is 27.2. The van der Waals surface area contributed by atoms with Crippen molar-refractivity contribution in [1.29, 1.82) is 0 Å². The van der Waals surface area contributed by atoms with Gasteiger partial charge in [0.05, 0.1) is 23.5 Å². The Hall–Kier alpha value is -4.16. The SMILES string of the molecule is C=CCO[C@@]12Oc3ccc(OCc4ccccc4F)cc3[C@H]3[C@H](CCCCO)[C@@H](CCCCO)C=C(C(=NOC(C)(C)C)C[C@@H]1Sc1ccc(NC(C)=O)cc1)[C@H]32. The molecule has 6 atom stereocenters. The third-order valence-corrected chi connectivity index (χ3v) is 12.2. The van der Waals surface area contributed by atoms with Crippen LogP contribution in [-0.4, -0.2) is 58.3 Å². The molecule has 1 saturated carbocycles. The summed E-state index contributed by atoms with van der Waals surface area (Å²) in [6.45, 7) is 12.0. The van der Waals surface area contributed by atoms with Gasteiger partial charge in [-0.2, -0.15) is 0 Å². The minimum Gasteiger partial charge on any atom is -0.489 e. The van der Waals surface area contributed by atoms with E-state index >= 15 is 0 Å². The number of ether oxygens (including phenoxy) is 3. The molecule has 306 valence electrons. The number of halogens is 1. The first kappa shape index (κ1) is 42.4. The van der Waals surface area contributed by atoms with E-state index in [4.69, 9.17) is 24.2 Å². The normalized spacial score (nSPS) is 24.4. The number of nitrogens with one attached hydrogen (secondary N) is 1. The van der Waals surface area contributed by atoms with Crippen LogP contribution in [0.25, 0.3) is 0 Å². The highest BCUT2D eigenvalue weighted by atomic mass is 32.2. The first-order valence-electron chi connectivity index (χ1n) is 20.1. The summed E-state index contributed by atoms with van der Waals surface area (Å²) in [5.74, 6) is -0.536. The van der Waals surface area contributed by atoms with Gasteiger partial charge in [-0.1, -0.05) is 48.3 Å². The zero-order valence-electron chi connectivity index (χ0n) is 33.5. The monoisotopic (exact) mass is 800 g/mol. The van der Waals surface area contributed by atoms with E-state index in [1.807, 2.05) is 63.2 Å². The first-order valence-corrected chi connectivity index (χ1v) is 21.0. The Balaban J connectivity index is 1.53. The van der Waals surface area contributed by atoms with Crippen LogP contribution in [0.5, 0.6) is 11.5 Å². The lowest BCUT2D eigenvalue weighted by Crippen LogP contribution is -2.64. The van der Waals surface area contributed by atoms with Gasteiger partial charge in [0, 0.05) is 54.2 Å². The van der Waals surface area contributed by atoms with Gasteiger partial charge in [0.25, 0.3) is 0 Å². The largest absolute Gasteiger partial charge is 0.489 e. The molecule has 1 amide bonds. The summed E-state index contributed by atoms with van der Waals surface area (Å²) in [4.78, 5) is 19.0. The highest BCUT2D eigenvalue weighted by Gasteiger charge is 2.64. The number of rotatable bonds is 18. The van der Waals surface area contributed by atoms with E-state index in [2.05, 4.69) is 18.0 Å². The average molecular weight is 801 g/mol. The highest BCUT2D eigenvalue weighted by Crippen LogP contribution is 2.63. The van der Waals surface area contributed by atoms with Crippen molar-refractivity contribution in [3.63, 3.8) is 0 Å². The molecule has 9 nitrogen and oxygen atoms in total. The van der Waals surface area contributed by atoms with Crippen LogP contribution in [-0.2, 0) is 21.0 Å². The topological polar surface area (TPSA) is 119 Å². The van der Waals surface area contributed by atoms with Crippen LogP contribution < -0.4 is 14.8 Å². The summed E-state index contributed by atoms with van der Waals surface area (Å²) < 4.78 is 35.3. The molecule has 0 radical (unpaired) electrons. The number of hydrogen-bond donors (Lipinski definition) is 3. The minimum atomic E-state index is -1.17. The first-order chi connectivity index (χ1) is 27.5. The standard InChI is InChI=1S/C46H57FN2O7S/c1-6-25-54-46-42(57-35-20-17-33(18-21-35)48-30(2)52)28-40(49-56-45(3,4)5)37-26-31(13-9-11-23-50)36(15-10-12-24-51)43(44(37)46)38-27-34(19-22-41(38)55-46)53-29-32-14-7-8-16-39(32)47/h6-8,14,16-22,26-27,31,36,42-44,50-51H,1,9-13,15,23-25,28-29H2,2-5H3,(H,48,52)/t31-,36+,42-,43+,44+,46+/m0/s1. The van der Waals surface area contributed by atoms with Crippen LogP contribution in [0.15, 0.2) is 101 Å². The van der Waals surface area contributed by atoms with Crippen LogP contribution in [0.2, 0.25) is 0 Å². The molecule has 6 rings (SSSR count). The van der Waals surface area contributed by atoms with E-state index in [0.717, 1.165) is 47.4 Å². The Labute approximate surface area is 340 Å². The van der Waals surface area contributed by atoms with Gasteiger partial charge in [0.2, 0.25) is 11.7 Å². The molecule has 0 saturated heterocycles. The van der Waals surface area contributed by atoms with Crippen molar-refractivity contribution in [2.45, 2.75) is 107 Å². The molecule has 57 heavy (non-hydrogen) atoms. The highest BCUT2D eigenvalue weighted by molar-refractivity contribution is 8.00. The summed E-state index contributed by atoms with van der Waals surface area (Å²) in [7, 11) is 0. The van der Waals surface area contributed by atoms with Gasteiger partial charge in [0.15, 0.2) is 0 Å². The van der Waals surface area contributed by atoms with Crippen LogP contribution in [0.1, 0.15) is 89.7 Å². The Kier molecular flexibility index (Phi) is 14.2. The van der Waals surface area contributed by atoms with Gasteiger partial charge < -0.3 is 34.6 Å². The number of hydrogen-bond acceptors (Lipinski definition) is 9. The Morgan fingerprint density at radius 2 is 1.79 bits per heavy atom. The number of nitrogens with zero attached hydrogens (tertiary/aromatic N) is 1. The maximum atomic E-state index is 14.7. The van der Waals surface area contributed by atoms with Crippen molar-refractivity contribution in [2.24, 2.45) is 22.9 Å². The van der Waals surface area contributed by atoms with Gasteiger partial charge in [-0.25, -0.2) is 4.39 Å². The fraction of sp³-hybridized carbons (Fsp3) is 0.478. The Bertz CT molecular complexity index is 1910. The van der Waals surface area contributed by atoms with Gasteiger partial charge >= 0.3 is 0 Å². The lowest BCUT2D eigenvalue weighted by atomic mass is 9.56. The number of amides is 1. The summed E-state index contributed by atoms with van der Waals surface area (Å²) in [6, 6.07) is 20.3. The van der Waals surface area contributed by atoms with E-state index < -0.39 is 11.4 Å². The number of anilines is 1. The van der Waals surface area contributed by atoms with Crippen LogP contribution >= 0.6 is 11.8 Å². The summed E-state index contributed by atoms with van der Waals surface area (Å²) in [6.07, 6.45) is 9.38. The van der Waals surface area contributed by atoms with Crippen molar-refractivity contribution >= 4 is 29.1 Å². The molecule has 3 aliphatic rings. The molecule has 0 bridgehead atoms. The molecule has 3 aromatic rings. The molecule has 0 spiro atoms. The number of carbonyl (C=O) groups excluding carboxylic acids is 1. The number of thioether (sulfide) groups is 1. The molecule has 3 N–H and O–H groups in total. The maximum absolute atomic E-state index is 14.7. The number of unbranched alkanes of at least 4 members (excludes halogenated alkanes) is 2. The second-order valence-electron chi connectivity index (χ2n) is 16.2.